The second-order valence-corrected chi connectivity index (χ2v) is 11.2. The van der Waals surface area contributed by atoms with Crippen LogP contribution in [0.2, 0.25) is 0 Å². The number of amides is 3. The van der Waals surface area contributed by atoms with Crippen LogP contribution in [-0.4, -0.2) is 48.6 Å². The van der Waals surface area contributed by atoms with Gasteiger partial charge in [-0.1, -0.05) is 41.7 Å². The highest BCUT2D eigenvalue weighted by Gasteiger charge is 2.51. The summed E-state index contributed by atoms with van der Waals surface area (Å²) < 4.78 is 16.2. The van der Waals surface area contributed by atoms with E-state index in [1.165, 1.54) is 7.11 Å². The molecule has 1 aromatic heterocycles. The molecule has 3 amide bonds. The maximum atomic E-state index is 13.4. The van der Waals surface area contributed by atoms with Crippen LogP contribution in [0.15, 0.2) is 48.5 Å². The lowest BCUT2D eigenvalue weighted by atomic mass is 10.1. The first-order valence-corrected chi connectivity index (χ1v) is 14.4. The van der Waals surface area contributed by atoms with E-state index < -0.39 is 29.4 Å². The number of hydrogen-bond acceptors (Lipinski definition) is 9. The number of hydrogen-bond donors (Lipinski definition) is 2. The van der Waals surface area contributed by atoms with E-state index in [-0.39, 0.29) is 23.8 Å². The van der Waals surface area contributed by atoms with Gasteiger partial charge in [-0.2, -0.15) is 5.26 Å². The molecule has 1 saturated carbocycles. The van der Waals surface area contributed by atoms with Crippen molar-refractivity contribution in [1.82, 2.24) is 15.2 Å². The molecule has 1 saturated heterocycles. The molecule has 3 aromatic rings. The number of ether oxygens (including phenoxy) is 3. The van der Waals surface area contributed by atoms with Crippen molar-refractivity contribution in [2.24, 2.45) is 5.41 Å². The number of nitriles is 1. The summed E-state index contributed by atoms with van der Waals surface area (Å²) in [5.74, 6) is 0.189. The number of rotatable bonds is 10. The third kappa shape index (κ3) is 6.16. The average Bonchev–Trinajstić information content (AvgIpc) is 3.48. The summed E-state index contributed by atoms with van der Waals surface area (Å²) in [4.78, 5) is 45.6. The molecule has 11 nitrogen and oxygen atoms in total. The second kappa shape index (κ2) is 12.5. The fraction of sp³-hybridized carbons (Fsp3) is 0.367. The van der Waals surface area contributed by atoms with Gasteiger partial charge < -0.3 is 24.8 Å². The van der Waals surface area contributed by atoms with Crippen molar-refractivity contribution in [2.45, 2.75) is 44.9 Å². The van der Waals surface area contributed by atoms with Crippen molar-refractivity contribution in [3.8, 4) is 17.6 Å². The van der Waals surface area contributed by atoms with Crippen molar-refractivity contribution in [1.29, 1.82) is 5.26 Å². The molecular weight excluding hydrogens is 558 g/mol. The molecule has 1 aliphatic carbocycles. The highest BCUT2D eigenvalue weighted by molar-refractivity contribution is 7.16. The van der Waals surface area contributed by atoms with E-state index in [9.17, 15) is 19.6 Å². The molecule has 42 heavy (non-hydrogen) atoms. The summed E-state index contributed by atoms with van der Waals surface area (Å²) in [6.45, 7) is 0.756. The summed E-state index contributed by atoms with van der Waals surface area (Å²) in [5, 5.41) is 15.9. The van der Waals surface area contributed by atoms with Gasteiger partial charge in [-0.3, -0.25) is 14.5 Å². The van der Waals surface area contributed by atoms with Crippen LogP contribution in [0, 0.1) is 16.7 Å². The van der Waals surface area contributed by atoms with Crippen LogP contribution in [0.4, 0.5) is 9.80 Å². The number of carbonyl (C=O) groups is 3. The van der Waals surface area contributed by atoms with Crippen LogP contribution in [0.5, 0.6) is 11.5 Å². The van der Waals surface area contributed by atoms with Gasteiger partial charge in [0.25, 0.3) is 5.91 Å². The molecule has 2 aromatic carbocycles. The van der Waals surface area contributed by atoms with Gasteiger partial charge in [0.1, 0.15) is 33.5 Å². The minimum absolute atomic E-state index is 0.0223. The zero-order valence-corrected chi connectivity index (χ0v) is 24.2. The van der Waals surface area contributed by atoms with Crippen LogP contribution in [0.1, 0.15) is 58.3 Å². The van der Waals surface area contributed by atoms with Crippen LogP contribution in [0.25, 0.3) is 0 Å². The molecule has 1 unspecified atom stereocenters. The predicted octanol–water partition coefficient (Wildman–Crippen LogP) is 4.81. The number of carbonyl (C=O) groups excluding carboxylic acids is 3. The quantitative estimate of drug-likeness (QED) is 0.343. The van der Waals surface area contributed by atoms with E-state index in [1.54, 1.807) is 30.2 Å². The van der Waals surface area contributed by atoms with E-state index in [1.807, 2.05) is 30.3 Å². The molecule has 1 atom stereocenters. The second-order valence-electron chi connectivity index (χ2n) is 10.1. The molecule has 2 fully saturated rings. The summed E-state index contributed by atoms with van der Waals surface area (Å²) >= 11 is 1.13. The number of nitrogens with zero attached hydrogens (tertiary/aromatic N) is 3. The van der Waals surface area contributed by atoms with E-state index in [0.29, 0.717) is 42.3 Å². The molecule has 0 bridgehead atoms. The van der Waals surface area contributed by atoms with E-state index in [2.05, 4.69) is 21.7 Å². The Morgan fingerprint density at radius 2 is 1.93 bits per heavy atom. The van der Waals surface area contributed by atoms with Gasteiger partial charge in [-0.05, 0) is 43.4 Å². The SMILES string of the molecule is COc1ccc(CNC(=O)c2nc(C3CCCN3C(=O)OCc3ccccc3)sc2NC(=O)C2(C#N)CC2)c(OC)c1. The minimum atomic E-state index is -1.09. The topological polar surface area (TPSA) is 143 Å². The Kier molecular flexibility index (Phi) is 8.59. The Bertz CT molecular complexity index is 1510. The fourth-order valence-electron chi connectivity index (χ4n) is 4.76. The molecule has 2 heterocycles. The highest BCUT2D eigenvalue weighted by atomic mass is 32.1. The first-order chi connectivity index (χ1) is 20.4. The Labute approximate surface area is 247 Å². The van der Waals surface area contributed by atoms with Gasteiger partial charge in [0.15, 0.2) is 5.69 Å². The summed E-state index contributed by atoms with van der Waals surface area (Å²) in [6.07, 6.45) is 1.82. The van der Waals surface area contributed by atoms with Gasteiger partial charge in [-0.25, -0.2) is 9.78 Å². The lowest BCUT2D eigenvalue weighted by Gasteiger charge is -2.22. The van der Waals surface area contributed by atoms with Crippen LogP contribution < -0.4 is 20.1 Å². The van der Waals surface area contributed by atoms with Crippen molar-refractivity contribution in [3.63, 3.8) is 0 Å². The molecule has 0 radical (unpaired) electrons. The van der Waals surface area contributed by atoms with Crippen molar-refractivity contribution >= 4 is 34.2 Å². The monoisotopic (exact) mass is 589 g/mol. The van der Waals surface area contributed by atoms with Gasteiger partial charge in [0.2, 0.25) is 5.91 Å². The van der Waals surface area contributed by atoms with Gasteiger partial charge >= 0.3 is 6.09 Å². The summed E-state index contributed by atoms with van der Waals surface area (Å²) in [6, 6.07) is 16.3. The number of benzene rings is 2. The number of likely N-dealkylation sites (tertiary alicyclic amines) is 1. The Hall–Kier alpha value is -4.63. The van der Waals surface area contributed by atoms with Crippen molar-refractivity contribution < 1.29 is 28.6 Å². The molecule has 218 valence electrons. The Balaban J connectivity index is 1.36. The highest BCUT2D eigenvalue weighted by Crippen LogP contribution is 2.46. The number of methoxy groups -OCH3 is 2. The van der Waals surface area contributed by atoms with E-state index >= 15 is 0 Å². The maximum absolute atomic E-state index is 13.4. The molecule has 12 heteroatoms. The van der Waals surface area contributed by atoms with Crippen LogP contribution >= 0.6 is 11.3 Å². The number of nitrogens with one attached hydrogen (secondary N) is 2. The number of anilines is 1. The maximum Gasteiger partial charge on any atom is 0.410 e. The first kappa shape index (κ1) is 28.9. The molecule has 2 N–H and O–H groups in total. The average molecular weight is 590 g/mol. The molecule has 1 aliphatic heterocycles. The standard InChI is InChI=1S/C30H31N5O6S/c1-39-21-11-10-20(23(15-21)40-2)16-32-25(36)24-27(34-28(37)30(18-31)12-13-30)42-26(33-24)22-9-6-14-35(22)29(38)41-17-19-7-4-3-5-8-19/h3-5,7-8,10-11,15,22H,6,9,12-14,16-17H2,1-2H3,(H,32,36)(H,34,37). The van der Waals surface area contributed by atoms with Crippen LogP contribution in [0.3, 0.4) is 0 Å². The molecule has 5 rings (SSSR count). The third-order valence-corrected chi connectivity index (χ3v) is 8.47. The first-order valence-electron chi connectivity index (χ1n) is 13.6. The lowest BCUT2D eigenvalue weighted by Crippen LogP contribution is -2.31. The smallest absolute Gasteiger partial charge is 0.410 e. The molecule has 0 spiro atoms. The fourth-order valence-corrected chi connectivity index (χ4v) is 5.86. The summed E-state index contributed by atoms with van der Waals surface area (Å²) in [5.41, 5.74) is 0.528. The molecular formula is C30H31N5O6S. The van der Waals surface area contributed by atoms with E-state index in [4.69, 9.17) is 14.2 Å². The number of thiazole rings is 1. The number of aromatic nitrogens is 1. The zero-order chi connectivity index (χ0) is 29.7. The normalized spacial score (nSPS) is 16.7. The van der Waals surface area contributed by atoms with Crippen molar-refractivity contribution in [2.75, 3.05) is 26.1 Å². The van der Waals surface area contributed by atoms with Gasteiger partial charge in [-0.15, -0.1) is 0 Å². The van der Waals surface area contributed by atoms with E-state index in [0.717, 1.165) is 28.9 Å². The summed E-state index contributed by atoms with van der Waals surface area (Å²) in [7, 11) is 3.08. The largest absolute Gasteiger partial charge is 0.497 e. The van der Waals surface area contributed by atoms with Crippen LogP contribution in [-0.2, 0) is 22.7 Å². The lowest BCUT2D eigenvalue weighted by molar-refractivity contribution is -0.119. The van der Waals surface area contributed by atoms with Gasteiger partial charge in [0, 0.05) is 24.7 Å². The third-order valence-electron chi connectivity index (χ3n) is 7.40. The molecule has 2 aliphatic rings. The Morgan fingerprint density at radius 3 is 2.62 bits per heavy atom. The van der Waals surface area contributed by atoms with Crippen molar-refractivity contribution in [3.05, 3.63) is 70.4 Å². The van der Waals surface area contributed by atoms with Gasteiger partial charge in [0.05, 0.1) is 26.3 Å². The minimum Gasteiger partial charge on any atom is -0.497 e. The predicted molar refractivity (Wildman–Crippen MR) is 154 cm³/mol. The Morgan fingerprint density at radius 1 is 1.14 bits per heavy atom. The zero-order valence-electron chi connectivity index (χ0n) is 23.3.